The molecule has 1 fully saturated rings. The lowest BCUT2D eigenvalue weighted by molar-refractivity contribution is 0.0922. The van der Waals surface area contributed by atoms with Crippen molar-refractivity contribution in [2.75, 3.05) is 26.7 Å². The molecule has 0 radical (unpaired) electrons. The summed E-state index contributed by atoms with van der Waals surface area (Å²) in [6.45, 7) is 2.26. The lowest BCUT2D eigenvalue weighted by atomic mass is 10.0. The topological polar surface area (TPSA) is 41.6 Å². The maximum Gasteiger partial charge on any atom is 0.251 e. The van der Waals surface area contributed by atoms with Gasteiger partial charge in [-0.3, -0.25) is 9.69 Å². The Morgan fingerprint density at radius 3 is 2.56 bits per heavy atom. The average molecular weight is 374 g/mol. The van der Waals surface area contributed by atoms with Gasteiger partial charge in [-0.15, -0.1) is 0 Å². The smallest absolute Gasteiger partial charge is 0.251 e. The van der Waals surface area contributed by atoms with Gasteiger partial charge in [-0.05, 0) is 50.2 Å². The van der Waals surface area contributed by atoms with Crippen molar-refractivity contribution in [1.82, 2.24) is 10.2 Å². The van der Waals surface area contributed by atoms with E-state index in [0.717, 1.165) is 49.4 Å². The fourth-order valence-corrected chi connectivity index (χ4v) is 3.54. The molecular weight excluding hydrogens is 350 g/mol. The van der Waals surface area contributed by atoms with E-state index in [2.05, 4.69) is 10.2 Å². The number of hydrogen-bond donors (Lipinski definition) is 1. The Morgan fingerprint density at radius 2 is 1.85 bits per heavy atom. The summed E-state index contributed by atoms with van der Waals surface area (Å²) in [6.07, 6.45) is 3.43. The Hall–Kier alpha value is -2.47. The SMILES string of the molecule is COc1ccccc1C(CNC(=O)c1ccc(F)c(F)c1)N1CCCCC1. The quantitative estimate of drug-likeness (QED) is 0.833. The molecule has 4 nitrogen and oxygen atoms in total. The number of nitrogens with zero attached hydrogens (tertiary/aromatic N) is 1. The molecule has 1 aliphatic heterocycles. The van der Waals surface area contributed by atoms with Crippen molar-refractivity contribution in [3.05, 3.63) is 65.2 Å². The molecule has 0 spiro atoms. The molecule has 1 unspecified atom stereocenters. The number of carbonyl (C=O) groups excluding carboxylic acids is 1. The maximum atomic E-state index is 13.4. The number of methoxy groups -OCH3 is 1. The van der Waals surface area contributed by atoms with Crippen molar-refractivity contribution in [1.29, 1.82) is 0 Å². The maximum absolute atomic E-state index is 13.4. The molecular formula is C21H24F2N2O2. The summed E-state index contributed by atoms with van der Waals surface area (Å²) in [5, 5.41) is 2.87. The van der Waals surface area contributed by atoms with Crippen LogP contribution in [-0.4, -0.2) is 37.6 Å². The van der Waals surface area contributed by atoms with Crippen LogP contribution in [0, 0.1) is 11.6 Å². The van der Waals surface area contributed by atoms with Crippen LogP contribution in [0.25, 0.3) is 0 Å². The largest absolute Gasteiger partial charge is 0.496 e. The zero-order chi connectivity index (χ0) is 19.2. The first-order chi connectivity index (χ1) is 13.1. The second-order valence-corrected chi connectivity index (χ2v) is 6.69. The molecule has 0 aliphatic carbocycles. The van der Waals surface area contributed by atoms with Gasteiger partial charge < -0.3 is 10.1 Å². The van der Waals surface area contributed by atoms with Crippen molar-refractivity contribution in [2.45, 2.75) is 25.3 Å². The van der Waals surface area contributed by atoms with Gasteiger partial charge in [0.05, 0.1) is 13.2 Å². The highest BCUT2D eigenvalue weighted by Gasteiger charge is 2.25. The van der Waals surface area contributed by atoms with E-state index in [9.17, 15) is 13.6 Å². The summed E-state index contributed by atoms with van der Waals surface area (Å²) in [5.74, 6) is -1.65. The lowest BCUT2D eigenvalue weighted by Gasteiger charge is -2.35. The third kappa shape index (κ3) is 4.63. The molecule has 1 saturated heterocycles. The van der Waals surface area contributed by atoms with Gasteiger partial charge in [0.1, 0.15) is 5.75 Å². The number of para-hydroxylation sites is 1. The minimum absolute atomic E-state index is 0.0457. The molecule has 6 heteroatoms. The standard InChI is InChI=1S/C21H24F2N2O2/c1-27-20-8-4-3-7-16(20)19(25-11-5-2-6-12-25)14-24-21(26)15-9-10-17(22)18(23)13-15/h3-4,7-10,13,19H,2,5-6,11-12,14H2,1H3,(H,24,26). The number of nitrogens with one attached hydrogen (secondary N) is 1. The number of piperidine rings is 1. The van der Waals surface area contributed by atoms with Gasteiger partial charge in [-0.1, -0.05) is 24.6 Å². The molecule has 1 amide bonds. The number of hydrogen-bond acceptors (Lipinski definition) is 3. The van der Waals surface area contributed by atoms with Gasteiger partial charge in [-0.2, -0.15) is 0 Å². The van der Waals surface area contributed by atoms with E-state index in [0.29, 0.717) is 6.54 Å². The first-order valence-corrected chi connectivity index (χ1v) is 9.20. The summed E-state index contributed by atoms with van der Waals surface area (Å²) in [7, 11) is 1.63. The number of likely N-dealkylation sites (tertiary alicyclic amines) is 1. The number of halogens is 2. The van der Waals surface area contributed by atoms with Crippen LogP contribution in [0.4, 0.5) is 8.78 Å². The van der Waals surface area contributed by atoms with Gasteiger partial charge in [0.2, 0.25) is 0 Å². The number of amides is 1. The van der Waals surface area contributed by atoms with Crippen molar-refractivity contribution in [2.24, 2.45) is 0 Å². The predicted molar refractivity (Wildman–Crippen MR) is 99.9 cm³/mol. The molecule has 3 rings (SSSR count). The second kappa shape index (κ2) is 8.95. The van der Waals surface area contributed by atoms with Crippen LogP contribution in [-0.2, 0) is 0 Å². The molecule has 27 heavy (non-hydrogen) atoms. The Bertz CT molecular complexity index is 792. The van der Waals surface area contributed by atoms with Crippen LogP contribution in [0.5, 0.6) is 5.75 Å². The van der Waals surface area contributed by atoms with Crippen molar-refractivity contribution in [3.8, 4) is 5.75 Å². The molecule has 2 aromatic carbocycles. The van der Waals surface area contributed by atoms with Crippen LogP contribution >= 0.6 is 0 Å². The monoisotopic (exact) mass is 374 g/mol. The molecule has 1 N–H and O–H groups in total. The number of ether oxygens (including phenoxy) is 1. The summed E-state index contributed by atoms with van der Waals surface area (Å²) in [5.41, 5.74) is 1.11. The zero-order valence-electron chi connectivity index (χ0n) is 15.4. The summed E-state index contributed by atoms with van der Waals surface area (Å²) >= 11 is 0. The van der Waals surface area contributed by atoms with Gasteiger partial charge in [-0.25, -0.2) is 8.78 Å². The van der Waals surface area contributed by atoms with E-state index in [1.54, 1.807) is 7.11 Å². The van der Waals surface area contributed by atoms with E-state index in [-0.39, 0.29) is 11.6 Å². The highest BCUT2D eigenvalue weighted by atomic mass is 19.2. The first kappa shape index (κ1) is 19.3. The van der Waals surface area contributed by atoms with E-state index < -0.39 is 17.5 Å². The van der Waals surface area contributed by atoms with E-state index in [1.807, 2.05) is 24.3 Å². The zero-order valence-corrected chi connectivity index (χ0v) is 15.4. The highest BCUT2D eigenvalue weighted by molar-refractivity contribution is 5.94. The van der Waals surface area contributed by atoms with Crippen LogP contribution < -0.4 is 10.1 Å². The Labute approximate surface area is 158 Å². The van der Waals surface area contributed by atoms with Gasteiger partial charge in [0, 0.05) is 17.7 Å². The van der Waals surface area contributed by atoms with Crippen molar-refractivity contribution in [3.63, 3.8) is 0 Å². The average Bonchev–Trinajstić information content (AvgIpc) is 2.71. The van der Waals surface area contributed by atoms with Crippen LogP contribution in [0.1, 0.15) is 41.2 Å². The fourth-order valence-electron chi connectivity index (χ4n) is 3.54. The molecule has 144 valence electrons. The predicted octanol–water partition coefficient (Wildman–Crippen LogP) is 3.93. The van der Waals surface area contributed by atoms with E-state index >= 15 is 0 Å². The van der Waals surface area contributed by atoms with Crippen molar-refractivity contribution >= 4 is 5.91 Å². The number of carbonyl (C=O) groups is 1. The van der Waals surface area contributed by atoms with Gasteiger partial charge >= 0.3 is 0 Å². The van der Waals surface area contributed by atoms with Crippen LogP contribution in [0.15, 0.2) is 42.5 Å². The number of benzene rings is 2. The Morgan fingerprint density at radius 1 is 1.11 bits per heavy atom. The van der Waals surface area contributed by atoms with E-state index in [4.69, 9.17) is 4.74 Å². The van der Waals surface area contributed by atoms with Crippen LogP contribution in [0.3, 0.4) is 0 Å². The molecule has 1 heterocycles. The summed E-state index contributed by atoms with van der Waals surface area (Å²) in [4.78, 5) is 14.8. The summed E-state index contributed by atoms with van der Waals surface area (Å²) in [6, 6.07) is 10.9. The number of rotatable bonds is 6. The minimum Gasteiger partial charge on any atom is -0.496 e. The van der Waals surface area contributed by atoms with Crippen LogP contribution in [0.2, 0.25) is 0 Å². The van der Waals surface area contributed by atoms with Crippen molar-refractivity contribution < 1.29 is 18.3 Å². The third-order valence-electron chi connectivity index (χ3n) is 4.97. The molecule has 0 saturated carbocycles. The highest BCUT2D eigenvalue weighted by Crippen LogP contribution is 2.31. The minimum atomic E-state index is -1.03. The molecule has 1 atom stereocenters. The lowest BCUT2D eigenvalue weighted by Crippen LogP contribution is -2.40. The third-order valence-corrected chi connectivity index (χ3v) is 4.97. The van der Waals surface area contributed by atoms with Gasteiger partial charge in [0.25, 0.3) is 5.91 Å². The Kier molecular flexibility index (Phi) is 6.40. The van der Waals surface area contributed by atoms with Gasteiger partial charge in [0.15, 0.2) is 11.6 Å². The first-order valence-electron chi connectivity index (χ1n) is 9.20. The molecule has 1 aliphatic rings. The van der Waals surface area contributed by atoms with E-state index in [1.165, 1.54) is 12.5 Å². The second-order valence-electron chi connectivity index (χ2n) is 6.69. The Balaban J connectivity index is 1.78. The molecule has 0 bridgehead atoms. The molecule has 0 aromatic heterocycles. The fraction of sp³-hybridized carbons (Fsp3) is 0.381. The molecule has 2 aromatic rings. The normalized spacial score (nSPS) is 16.0. The summed E-state index contributed by atoms with van der Waals surface area (Å²) < 4.78 is 32.0.